The standard InChI is InChI=1S/C22H35N3O3/c1-18-10-9-11-20(19(18)2)23-21(26)16-24(14-15-28-3)17-22(27)25-12-7-5-4-6-8-13-25/h9-11H,4-8,12-17H2,1-3H3,(H,23,26). The lowest BCUT2D eigenvalue weighted by molar-refractivity contribution is -0.133. The lowest BCUT2D eigenvalue weighted by Gasteiger charge is -2.28. The maximum atomic E-state index is 12.8. The van der Waals surface area contributed by atoms with Crippen molar-refractivity contribution in [3.05, 3.63) is 29.3 Å². The molecular formula is C22H35N3O3. The molecule has 0 unspecified atom stereocenters. The first kappa shape index (κ1) is 22.4. The lowest BCUT2D eigenvalue weighted by Crippen LogP contribution is -2.45. The number of benzene rings is 1. The fourth-order valence-electron chi connectivity index (χ4n) is 3.50. The Hall–Kier alpha value is -1.92. The fraction of sp³-hybridized carbons (Fsp3) is 0.636. The van der Waals surface area contributed by atoms with Crippen molar-refractivity contribution in [1.29, 1.82) is 0 Å². The van der Waals surface area contributed by atoms with Gasteiger partial charge in [0, 0.05) is 32.4 Å². The molecule has 2 amide bonds. The van der Waals surface area contributed by atoms with Crippen LogP contribution in [-0.2, 0) is 14.3 Å². The quantitative estimate of drug-likeness (QED) is 0.742. The average molecular weight is 390 g/mol. The summed E-state index contributed by atoms with van der Waals surface area (Å²) in [6.07, 6.45) is 5.78. The zero-order valence-electron chi connectivity index (χ0n) is 17.6. The van der Waals surface area contributed by atoms with Crippen LogP contribution in [0.15, 0.2) is 18.2 Å². The molecule has 0 atom stereocenters. The predicted octanol–water partition coefficient (Wildman–Crippen LogP) is 2.98. The van der Waals surface area contributed by atoms with Gasteiger partial charge in [-0.1, -0.05) is 31.4 Å². The largest absolute Gasteiger partial charge is 0.383 e. The highest BCUT2D eigenvalue weighted by molar-refractivity contribution is 5.93. The molecule has 1 aliphatic heterocycles. The molecule has 0 aromatic heterocycles. The van der Waals surface area contributed by atoms with E-state index in [1.165, 1.54) is 19.3 Å². The number of aryl methyl sites for hydroxylation is 1. The average Bonchev–Trinajstić information content (AvgIpc) is 2.63. The molecule has 156 valence electrons. The van der Waals surface area contributed by atoms with Gasteiger partial charge in [-0.05, 0) is 43.9 Å². The molecule has 0 bridgehead atoms. The van der Waals surface area contributed by atoms with E-state index in [0.717, 1.165) is 42.7 Å². The molecule has 1 aromatic rings. The van der Waals surface area contributed by atoms with E-state index in [1.54, 1.807) is 7.11 Å². The maximum absolute atomic E-state index is 12.8. The monoisotopic (exact) mass is 389 g/mol. The fourth-order valence-corrected chi connectivity index (χ4v) is 3.50. The first-order valence-corrected chi connectivity index (χ1v) is 10.4. The van der Waals surface area contributed by atoms with E-state index >= 15 is 0 Å². The van der Waals surface area contributed by atoms with Crippen LogP contribution in [-0.4, -0.2) is 68.1 Å². The number of anilines is 1. The van der Waals surface area contributed by atoms with Crippen LogP contribution in [0.3, 0.4) is 0 Å². The second kappa shape index (κ2) is 11.8. The Labute approximate surface area is 169 Å². The molecule has 28 heavy (non-hydrogen) atoms. The molecule has 1 aliphatic rings. The van der Waals surface area contributed by atoms with Crippen molar-refractivity contribution in [2.24, 2.45) is 0 Å². The van der Waals surface area contributed by atoms with Gasteiger partial charge in [0.1, 0.15) is 0 Å². The molecule has 1 heterocycles. The summed E-state index contributed by atoms with van der Waals surface area (Å²) in [4.78, 5) is 29.2. The normalized spacial score (nSPS) is 15.2. The Morgan fingerprint density at radius 1 is 1.07 bits per heavy atom. The maximum Gasteiger partial charge on any atom is 0.238 e. The molecule has 0 saturated carbocycles. The zero-order chi connectivity index (χ0) is 20.4. The Morgan fingerprint density at radius 3 is 2.43 bits per heavy atom. The van der Waals surface area contributed by atoms with Crippen molar-refractivity contribution in [2.75, 3.05) is 51.8 Å². The molecule has 0 spiro atoms. The van der Waals surface area contributed by atoms with Crippen molar-refractivity contribution in [3.8, 4) is 0 Å². The van der Waals surface area contributed by atoms with E-state index < -0.39 is 0 Å². The van der Waals surface area contributed by atoms with Crippen molar-refractivity contribution in [3.63, 3.8) is 0 Å². The number of carbonyl (C=O) groups excluding carboxylic acids is 2. The minimum Gasteiger partial charge on any atom is -0.383 e. The number of ether oxygens (including phenoxy) is 1. The minimum atomic E-state index is -0.106. The molecule has 6 nitrogen and oxygen atoms in total. The highest BCUT2D eigenvalue weighted by Gasteiger charge is 2.20. The third-order valence-corrected chi connectivity index (χ3v) is 5.43. The summed E-state index contributed by atoms with van der Waals surface area (Å²) < 4.78 is 5.17. The van der Waals surface area contributed by atoms with E-state index in [-0.39, 0.29) is 24.9 Å². The van der Waals surface area contributed by atoms with Crippen LogP contribution in [0.4, 0.5) is 5.69 Å². The second-order valence-electron chi connectivity index (χ2n) is 7.65. The third kappa shape index (κ3) is 7.24. The highest BCUT2D eigenvalue weighted by atomic mass is 16.5. The number of likely N-dealkylation sites (tertiary alicyclic amines) is 1. The van der Waals surface area contributed by atoms with Gasteiger partial charge < -0.3 is 15.0 Å². The van der Waals surface area contributed by atoms with E-state index in [9.17, 15) is 9.59 Å². The number of nitrogens with zero attached hydrogens (tertiary/aromatic N) is 2. The number of rotatable bonds is 8. The topological polar surface area (TPSA) is 61.9 Å². The van der Waals surface area contributed by atoms with E-state index in [1.807, 2.05) is 41.8 Å². The molecule has 2 rings (SSSR count). The van der Waals surface area contributed by atoms with Gasteiger partial charge in [0.2, 0.25) is 11.8 Å². The van der Waals surface area contributed by atoms with Crippen molar-refractivity contribution in [1.82, 2.24) is 9.80 Å². The zero-order valence-corrected chi connectivity index (χ0v) is 17.6. The van der Waals surface area contributed by atoms with Crippen LogP contribution in [0.25, 0.3) is 0 Å². The number of hydrogen-bond acceptors (Lipinski definition) is 4. The Balaban J connectivity index is 1.94. The van der Waals surface area contributed by atoms with Gasteiger partial charge in [-0.3, -0.25) is 14.5 Å². The summed E-state index contributed by atoms with van der Waals surface area (Å²) in [6.45, 7) is 7.15. The number of carbonyl (C=O) groups is 2. The smallest absolute Gasteiger partial charge is 0.238 e. The van der Waals surface area contributed by atoms with Crippen LogP contribution >= 0.6 is 0 Å². The Bertz CT molecular complexity index is 640. The van der Waals surface area contributed by atoms with E-state index in [4.69, 9.17) is 4.74 Å². The molecule has 1 fully saturated rings. The van der Waals surface area contributed by atoms with Crippen LogP contribution < -0.4 is 5.32 Å². The van der Waals surface area contributed by atoms with Gasteiger partial charge in [0.05, 0.1) is 19.7 Å². The molecule has 1 aromatic carbocycles. The molecule has 1 saturated heterocycles. The van der Waals surface area contributed by atoms with Crippen LogP contribution in [0, 0.1) is 13.8 Å². The van der Waals surface area contributed by atoms with Gasteiger partial charge in [0.15, 0.2) is 0 Å². The van der Waals surface area contributed by atoms with Crippen molar-refractivity contribution >= 4 is 17.5 Å². The van der Waals surface area contributed by atoms with Gasteiger partial charge in [-0.2, -0.15) is 0 Å². The summed E-state index contributed by atoms with van der Waals surface area (Å²) >= 11 is 0. The minimum absolute atomic E-state index is 0.106. The number of nitrogens with one attached hydrogen (secondary N) is 1. The number of methoxy groups -OCH3 is 1. The molecule has 0 aliphatic carbocycles. The van der Waals surface area contributed by atoms with Gasteiger partial charge >= 0.3 is 0 Å². The van der Waals surface area contributed by atoms with Crippen LogP contribution in [0.5, 0.6) is 0 Å². The summed E-state index contributed by atoms with van der Waals surface area (Å²) in [5, 5.41) is 2.98. The molecular weight excluding hydrogens is 354 g/mol. The summed E-state index contributed by atoms with van der Waals surface area (Å²) in [6, 6.07) is 5.87. The van der Waals surface area contributed by atoms with Crippen molar-refractivity contribution < 1.29 is 14.3 Å². The third-order valence-electron chi connectivity index (χ3n) is 5.43. The van der Waals surface area contributed by atoms with Crippen LogP contribution in [0.1, 0.15) is 43.2 Å². The lowest BCUT2D eigenvalue weighted by atomic mass is 10.1. The summed E-state index contributed by atoms with van der Waals surface area (Å²) in [5.74, 6) is 0.00260. The highest BCUT2D eigenvalue weighted by Crippen LogP contribution is 2.18. The summed E-state index contributed by atoms with van der Waals surface area (Å²) in [5.41, 5.74) is 3.03. The predicted molar refractivity (Wildman–Crippen MR) is 113 cm³/mol. The number of hydrogen-bond donors (Lipinski definition) is 1. The van der Waals surface area contributed by atoms with Gasteiger partial charge in [0.25, 0.3) is 0 Å². The van der Waals surface area contributed by atoms with Gasteiger partial charge in [-0.15, -0.1) is 0 Å². The summed E-state index contributed by atoms with van der Waals surface area (Å²) in [7, 11) is 1.63. The molecule has 1 N–H and O–H groups in total. The Kier molecular flexibility index (Phi) is 9.44. The van der Waals surface area contributed by atoms with Gasteiger partial charge in [-0.25, -0.2) is 0 Å². The van der Waals surface area contributed by atoms with Crippen LogP contribution in [0.2, 0.25) is 0 Å². The molecule has 0 radical (unpaired) electrons. The van der Waals surface area contributed by atoms with E-state index in [0.29, 0.717) is 13.2 Å². The van der Waals surface area contributed by atoms with Crippen molar-refractivity contribution in [2.45, 2.75) is 46.0 Å². The first-order valence-electron chi connectivity index (χ1n) is 10.4. The van der Waals surface area contributed by atoms with E-state index in [2.05, 4.69) is 5.32 Å². The second-order valence-corrected chi connectivity index (χ2v) is 7.65. The Morgan fingerprint density at radius 2 is 1.75 bits per heavy atom. The molecule has 6 heteroatoms. The number of amides is 2. The SMILES string of the molecule is COCCN(CC(=O)Nc1cccc(C)c1C)CC(=O)N1CCCCCCC1. The first-order chi connectivity index (χ1) is 13.5.